The zero-order valence-corrected chi connectivity index (χ0v) is 34.0. The van der Waals surface area contributed by atoms with Gasteiger partial charge in [0.1, 0.15) is 0 Å². The average molecular weight is 717 g/mol. The number of anilines is 1. The van der Waals surface area contributed by atoms with E-state index >= 15 is 0 Å². The van der Waals surface area contributed by atoms with Crippen LogP contribution in [0.3, 0.4) is 0 Å². The van der Waals surface area contributed by atoms with Crippen molar-refractivity contribution in [1.29, 1.82) is 0 Å². The Labute approximate surface area is 313 Å². The molecule has 5 fully saturated rings. The summed E-state index contributed by atoms with van der Waals surface area (Å²) in [6.45, 7) is 20.9. The number of aliphatic hydroxyl groups is 1. The number of likely N-dealkylation sites (tertiary alicyclic amines) is 1. The van der Waals surface area contributed by atoms with E-state index in [0.717, 1.165) is 87.6 Å². The number of carboxylic acid groups (broad SMARTS) is 1. The fourth-order valence-electron chi connectivity index (χ4n) is 13.0. The minimum absolute atomic E-state index is 0.0257. The number of amides is 1. The van der Waals surface area contributed by atoms with Gasteiger partial charge in [0, 0.05) is 11.6 Å². The number of para-hydroxylation sites is 1. The molecule has 3 N–H and O–H groups in total. The van der Waals surface area contributed by atoms with Gasteiger partial charge in [-0.05, 0) is 161 Å². The molecule has 10 atom stereocenters. The smallest absolute Gasteiger partial charge is 0.309 e. The Morgan fingerprint density at radius 3 is 2.15 bits per heavy atom. The number of aliphatic hydroxyl groups excluding tert-OH is 1. The monoisotopic (exact) mass is 717 g/mol. The molecular formula is C45H68N2O5. The van der Waals surface area contributed by atoms with Gasteiger partial charge < -0.3 is 15.5 Å². The number of piperidine rings is 1. The van der Waals surface area contributed by atoms with Crippen molar-refractivity contribution in [2.24, 2.45) is 50.2 Å². The van der Waals surface area contributed by atoms with Gasteiger partial charge in [0.25, 0.3) is 0 Å². The number of rotatable bonds is 3. The number of benzene rings is 1. The lowest BCUT2D eigenvalue weighted by molar-refractivity contribution is -0.202. The SMILES string of the molecule is CC1(C)[C@@H](O)CC[C@]2(C)[C@H]3C(=O)C=C4[C@@H]5C[C@@](C)(C(=O)O)CC[C@]5(C)CC[C@@]4(C)[C@]3(C)CC[C@@H]12.Cc1cccc(C)c1NC(=O)C1CCCCN1C. The summed E-state index contributed by atoms with van der Waals surface area (Å²) in [5.74, 6) is 0.194. The van der Waals surface area contributed by atoms with E-state index in [0.29, 0.717) is 12.3 Å². The van der Waals surface area contributed by atoms with Crippen LogP contribution < -0.4 is 5.32 Å². The van der Waals surface area contributed by atoms with E-state index < -0.39 is 11.4 Å². The van der Waals surface area contributed by atoms with Gasteiger partial charge in [0.15, 0.2) is 5.78 Å². The van der Waals surface area contributed by atoms with Crippen LogP contribution >= 0.6 is 0 Å². The molecule has 4 saturated carbocycles. The highest BCUT2D eigenvalue weighted by Crippen LogP contribution is 2.75. The van der Waals surface area contributed by atoms with Crippen molar-refractivity contribution in [3.63, 3.8) is 0 Å². The van der Waals surface area contributed by atoms with Gasteiger partial charge in [-0.25, -0.2) is 0 Å². The molecule has 0 radical (unpaired) electrons. The lowest BCUT2D eigenvalue weighted by Crippen LogP contribution is -2.66. The van der Waals surface area contributed by atoms with Crippen LogP contribution in [0.2, 0.25) is 0 Å². The largest absolute Gasteiger partial charge is 0.481 e. The number of ketones is 1. The van der Waals surface area contributed by atoms with E-state index in [1.165, 1.54) is 12.0 Å². The number of carboxylic acids is 1. The van der Waals surface area contributed by atoms with Gasteiger partial charge in [-0.1, -0.05) is 71.7 Å². The maximum absolute atomic E-state index is 14.2. The Bertz CT molecular complexity index is 1610. The second kappa shape index (κ2) is 13.4. The Balaban J connectivity index is 0.000000217. The van der Waals surface area contributed by atoms with Crippen LogP contribution in [0, 0.1) is 64.1 Å². The van der Waals surface area contributed by atoms with Crippen LogP contribution in [0.15, 0.2) is 29.8 Å². The first kappa shape index (κ1) is 39.2. The topological polar surface area (TPSA) is 107 Å². The van der Waals surface area contributed by atoms with Crippen LogP contribution in [-0.4, -0.2) is 58.5 Å². The van der Waals surface area contributed by atoms with E-state index in [-0.39, 0.29) is 62.7 Å². The summed E-state index contributed by atoms with van der Waals surface area (Å²) in [4.78, 5) is 40.9. The van der Waals surface area contributed by atoms with Crippen molar-refractivity contribution in [1.82, 2.24) is 4.90 Å². The van der Waals surface area contributed by atoms with Crippen LogP contribution in [0.5, 0.6) is 0 Å². The van der Waals surface area contributed by atoms with E-state index in [1.54, 1.807) is 0 Å². The lowest BCUT2D eigenvalue weighted by Gasteiger charge is -2.70. The normalized spacial score (nSPS) is 42.6. The number of aryl methyl sites for hydroxylation is 2. The van der Waals surface area contributed by atoms with Crippen molar-refractivity contribution < 1.29 is 24.6 Å². The highest BCUT2D eigenvalue weighted by Gasteiger charge is 2.70. The third-order valence-electron chi connectivity index (χ3n) is 16.9. The molecule has 7 heteroatoms. The minimum atomic E-state index is -0.711. The van der Waals surface area contributed by atoms with Crippen LogP contribution in [0.1, 0.15) is 137 Å². The zero-order valence-electron chi connectivity index (χ0n) is 34.0. The first-order chi connectivity index (χ1) is 24.1. The molecule has 1 unspecified atom stereocenters. The van der Waals surface area contributed by atoms with Gasteiger partial charge in [0.2, 0.25) is 5.91 Å². The summed E-state index contributed by atoms with van der Waals surface area (Å²) < 4.78 is 0. The standard InChI is InChI=1S/C30H46O4.C15H22N2O/c1-25(2)21-8-11-30(7)23(28(21,5)10-9-22(25)32)20(31)16-18-19-17-27(4,24(33)34)13-12-26(19,3)14-15-29(18,30)6;1-11-7-6-8-12(2)14(11)16-15(18)13-9-4-5-10-17(13)3/h16,19,21-23,32H,8-15,17H2,1-7H3,(H,33,34);6-8,13H,4-5,9-10H2,1-3H3,(H,16,18)/t19-,21-,22-,23+,26+,27-,28-,29+,30+;/m0./s1. The third-order valence-corrected chi connectivity index (χ3v) is 16.9. The van der Waals surface area contributed by atoms with Crippen LogP contribution in [-0.2, 0) is 14.4 Å². The second-order valence-corrected chi connectivity index (χ2v) is 20.2. The van der Waals surface area contributed by atoms with E-state index in [2.05, 4.69) is 51.8 Å². The summed E-state index contributed by atoms with van der Waals surface area (Å²) in [7, 11) is 2.04. The molecular weight excluding hydrogens is 649 g/mol. The summed E-state index contributed by atoms with van der Waals surface area (Å²) in [5, 5.41) is 24.0. The molecule has 5 aliphatic carbocycles. The van der Waals surface area contributed by atoms with E-state index in [1.807, 2.05) is 52.1 Å². The molecule has 288 valence electrons. The molecule has 7 nitrogen and oxygen atoms in total. The molecule has 1 saturated heterocycles. The number of carbonyl (C=O) groups excluding carboxylic acids is 2. The van der Waals surface area contributed by atoms with Crippen LogP contribution in [0.25, 0.3) is 0 Å². The number of fused-ring (bicyclic) bond motifs is 7. The average Bonchev–Trinajstić information content (AvgIpc) is 3.07. The molecule has 0 bridgehead atoms. The molecule has 1 heterocycles. The molecule has 52 heavy (non-hydrogen) atoms. The van der Waals surface area contributed by atoms with Gasteiger partial charge in [-0.3, -0.25) is 19.3 Å². The first-order valence-electron chi connectivity index (χ1n) is 20.4. The van der Waals surface area contributed by atoms with E-state index in [9.17, 15) is 24.6 Å². The van der Waals surface area contributed by atoms with Gasteiger partial charge in [-0.2, -0.15) is 0 Å². The summed E-state index contributed by atoms with van der Waals surface area (Å²) in [6.07, 6.45) is 13.3. The maximum atomic E-state index is 14.2. The predicted molar refractivity (Wildman–Crippen MR) is 208 cm³/mol. The molecule has 1 amide bonds. The summed E-state index contributed by atoms with van der Waals surface area (Å²) >= 11 is 0. The van der Waals surface area contributed by atoms with Crippen molar-refractivity contribution >= 4 is 23.3 Å². The predicted octanol–water partition coefficient (Wildman–Crippen LogP) is 9.14. The molecule has 6 aliphatic rings. The highest BCUT2D eigenvalue weighted by atomic mass is 16.4. The Morgan fingerprint density at radius 1 is 0.865 bits per heavy atom. The second-order valence-electron chi connectivity index (χ2n) is 20.2. The number of carbonyl (C=O) groups is 3. The van der Waals surface area contributed by atoms with Crippen molar-refractivity contribution in [2.45, 2.75) is 152 Å². The molecule has 0 spiro atoms. The number of nitrogens with zero attached hydrogens (tertiary/aromatic N) is 1. The molecule has 1 aliphatic heterocycles. The maximum Gasteiger partial charge on any atom is 0.309 e. The minimum Gasteiger partial charge on any atom is -0.481 e. The fraction of sp³-hybridized carbons (Fsp3) is 0.756. The number of hydrogen-bond acceptors (Lipinski definition) is 5. The zero-order chi connectivity index (χ0) is 38.2. The number of hydrogen-bond donors (Lipinski definition) is 3. The molecule has 7 rings (SSSR count). The molecule has 1 aromatic carbocycles. The van der Waals surface area contributed by atoms with E-state index in [4.69, 9.17) is 0 Å². The summed E-state index contributed by atoms with van der Waals surface area (Å²) in [5.41, 5.74) is 3.37. The first-order valence-corrected chi connectivity index (χ1v) is 20.4. The van der Waals surface area contributed by atoms with Crippen LogP contribution in [0.4, 0.5) is 5.69 Å². The number of allylic oxidation sites excluding steroid dienone is 2. The Kier molecular flexibility index (Phi) is 10.1. The fourth-order valence-corrected chi connectivity index (χ4v) is 13.0. The van der Waals surface area contributed by atoms with Gasteiger partial charge >= 0.3 is 5.97 Å². The quantitative estimate of drug-likeness (QED) is 0.288. The molecule has 0 aromatic heterocycles. The summed E-state index contributed by atoms with van der Waals surface area (Å²) in [6, 6.07) is 6.12. The number of likely N-dealkylation sites (N-methyl/N-ethyl adjacent to an activating group) is 1. The Hall–Kier alpha value is -2.51. The van der Waals surface area contributed by atoms with Crippen molar-refractivity contribution in [2.75, 3.05) is 18.9 Å². The highest BCUT2D eigenvalue weighted by molar-refractivity contribution is 5.96. The lowest BCUT2D eigenvalue weighted by atomic mass is 9.33. The Morgan fingerprint density at radius 2 is 1.52 bits per heavy atom. The number of aliphatic carboxylic acids is 1. The van der Waals surface area contributed by atoms with Crippen molar-refractivity contribution in [3.05, 3.63) is 41.0 Å². The van der Waals surface area contributed by atoms with Gasteiger partial charge in [0.05, 0.1) is 17.6 Å². The third kappa shape index (κ3) is 6.03. The molecule has 1 aromatic rings. The van der Waals surface area contributed by atoms with Gasteiger partial charge in [-0.15, -0.1) is 0 Å². The van der Waals surface area contributed by atoms with Crippen molar-refractivity contribution in [3.8, 4) is 0 Å². The number of nitrogens with one attached hydrogen (secondary N) is 1.